The molecule has 0 aliphatic heterocycles. The molecule has 0 atom stereocenters. The normalized spacial score (nSPS) is 10.5. The molecule has 0 heterocycles. The number of halogens is 2. The van der Waals surface area contributed by atoms with Crippen LogP contribution in [0.4, 0.5) is 0 Å². The summed E-state index contributed by atoms with van der Waals surface area (Å²) in [6, 6.07) is 0. The van der Waals surface area contributed by atoms with Crippen molar-refractivity contribution in [3.63, 3.8) is 0 Å². The van der Waals surface area contributed by atoms with E-state index in [2.05, 4.69) is 4.99 Å². The molecule has 0 aliphatic carbocycles. The minimum atomic E-state index is 0.0787. The van der Waals surface area contributed by atoms with E-state index in [4.69, 9.17) is 23.2 Å². The fourth-order valence-corrected chi connectivity index (χ4v) is 0.490. The lowest BCUT2D eigenvalue weighted by atomic mass is 10.7. The molecule has 8 heavy (non-hydrogen) atoms. The first kappa shape index (κ1) is 7.70. The number of alkyl halides is 1. The van der Waals surface area contributed by atoms with Crippen LogP contribution in [0.5, 0.6) is 0 Å². The highest BCUT2D eigenvalue weighted by Gasteiger charge is 1.80. The fourth-order valence-electron chi connectivity index (χ4n) is 0.153. The Morgan fingerprint density at radius 1 is 1.88 bits per heavy atom. The summed E-state index contributed by atoms with van der Waals surface area (Å²) in [6.07, 6.45) is 2.67. The molecule has 4 heteroatoms. The van der Waals surface area contributed by atoms with Crippen molar-refractivity contribution in [1.29, 1.82) is 0 Å². The van der Waals surface area contributed by atoms with Gasteiger partial charge in [0.15, 0.2) is 0 Å². The lowest BCUT2D eigenvalue weighted by Crippen LogP contribution is -1.64. The first-order chi connectivity index (χ1) is 3.81. The average molecular weight is 152 g/mol. The average Bonchev–Trinajstić information content (AvgIpc) is 1.68. The van der Waals surface area contributed by atoms with Crippen molar-refractivity contribution in [2.24, 2.45) is 4.99 Å². The van der Waals surface area contributed by atoms with Crippen molar-refractivity contribution in [2.75, 3.05) is 5.88 Å². The highest BCUT2D eigenvalue weighted by atomic mass is 35.5. The summed E-state index contributed by atoms with van der Waals surface area (Å²) in [4.78, 5) is 12.5. The zero-order chi connectivity index (χ0) is 6.41. The SMILES string of the molecule is O=C=N/C(Cl)=C/CCl. The fraction of sp³-hybridized carbons (Fsp3) is 0.250. The number of hydrogen-bond donors (Lipinski definition) is 0. The van der Waals surface area contributed by atoms with Gasteiger partial charge in [-0.05, 0) is 6.08 Å². The maximum Gasteiger partial charge on any atom is 0.241 e. The van der Waals surface area contributed by atoms with Gasteiger partial charge in [-0.1, -0.05) is 11.6 Å². The maximum absolute atomic E-state index is 9.43. The van der Waals surface area contributed by atoms with E-state index >= 15 is 0 Å². The number of allylic oxidation sites excluding steroid dienone is 1. The molecule has 44 valence electrons. The second kappa shape index (κ2) is 4.85. The van der Waals surface area contributed by atoms with Gasteiger partial charge in [0.1, 0.15) is 5.16 Å². The third-order valence-electron chi connectivity index (χ3n) is 0.398. The molecule has 0 aromatic carbocycles. The maximum atomic E-state index is 9.43. The number of hydrogen-bond acceptors (Lipinski definition) is 2. The molecule has 0 rings (SSSR count). The van der Waals surface area contributed by atoms with Crippen LogP contribution in [-0.4, -0.2) is 12.0 Å². The van der Waals surface area contributed by atoms with E-state index < -0.39 is 0 Å². The van der Waals surface area contributed by atoms with Gasteiger partial charge in [-0.2, -0.15) is 4.99 Å². The van der Waals surface area contributed by atoms with Gasteiger partial charge in [0.25, 0.3) is 0 Å². The number of isocyanates is 1. The molecule has 0 saturated heterocycles. The number of rotatable bonds is 2. The molecule has 2 nitrogen and oxygen atoms in total. The Kier molecular flexibility index (Phi) is 4.67. The third-order valence-corrected chi connectivity index (χ3v) is 0.791. The molecule has 0 fully saturated rings. The van der Waals surface area contributed by atoms with E-state index in [1.165, 1.54) is 12.2 Å². The Labute approximate surface area is 56.8 Å². The van der Waals surface area contributed by atoms with Crippen molar-refractivity contribution in [3.8, 4) is 0 Å². The van der Waals surface area contributed by atoms with Crippen LogP contribution in [0.25, 0.3) is 0 Å². The quantitative estimate of drug-likeness (QED) is 0.256. The number of aliphatic imine (C=N–C) groups is 1. The van der Waals surface area contributed by atoms with E-state index in [-0.39, 0.29) is 11.0 Å². The van der Waals surface area contributed by atoms with E-state index in [1.54, 1.807) is 0 Å². The topological polar surface area (TPSA) is 29.4 Å². The van der Waals surface area contributed by atoms with Crippen LogP contribution in [0.3, 0.4) is 0 Å². The Morgan fingerprint density at radius 2 is 2.50 bits per heavy atom. The van der Waals surface area contributed by atoms with E-state index in [0.29, 0.717) is 0 Å². The van der Waals surface area contributed by atoms with E-state index in [9.17, 15) is 4.79 Å². The zero-order valence-electron chi connectivity index (χ0n) is 3.90. The van der Waals surface area contributed by atoms with Crippen LogP contribution in [0.2, 0.25) is 0 Å². The standard InChI is InChI=1S/C4H3Cl2NO/c5-2-1-4(6)7-3-8/h1H,2H2/b4-1+. The molecule has 0 radical (unpaired) electrons. The second-order valence-electron chi connectivity index (χ2n) is 0.884. The molecule has 0 aromatic rings. The first-order valence-electron chi connectivity index (χ1n) is 1.80. The predicted molar refractivity (Wildman–Crippen MR) is 32.8 cm³/mol. The van der Waals surface area contributed by atoms with Gasteiger partial charge >= 0.3 is 0 Å². The molecule has 0 bridgehead atoms. The lowest BCUT2D eigenvalue weighted by molar-refractivity contribution is 0.565. The largest absolute Gasteiger partial charge is 0.241 e. The summed E-state index contributed by atoms with van der Waals surface area (Å²) >= 11 is 10.4. The Hall–Kier alpha value is -0.300. The minimum Gasteiger partial charge on any atom is -0.211 e. The summed E-state index contributed by atoms with van der Waals surface area (Å²) in [5, 5.41) is 0.0787. The number of carbonyl (C=O) groups excluding carboxylic acids is 1. The molecule has 0 N–H and O–H groups in total. The van der Waals surface area contributed by atoms with Gasteiger partial charge in [-0.25, -0.2) is 4.79 Å². The van der Waals surface area contributed by atoms with Crippen LogP contribution < -0.4 is 0 Å². The van der Waals surface area contributed by atoms with Crippen LogP contribution in [0.15, 0.2) is 16.2 Å². The Bertz CT molecular complexity index is 137. The molecular formula is C4H3Cl2NO. The Morgan fingerprint density at radius 3 is 2.88 bits per heavy atom. The zero-order valence-corrected chi connectivity index (χ0v) is 5.41. The first-order valence-corrected chi connectivity index (χ1v) is 2.72. The van der Waals surface area contributed by atoms with Crippen molar-refractivity contribution < 1.29 is 4.79 Å². The molecule has 0 aromatic heterocycles. The molecule has 0 aliphatic rings. The van der Waals surface area contributed by atoms with Crippen molar-refractivity contribution in [3.05, 3.63) is 11.2 Å². The van der Waals surface area contributed by atoms with Crippen LogP contribution in [0, 0.1) is 0 Å². The second-order valence-corrected chi connectivity index (χ2v) is 1.58. The lowest BCUT2D eigenvalue weighted by Gasteiger charge is -1.76. The predicted octanol–water partition coefficient (Wildman–Crippen LogP) is 1.64. The van der Waals surface area contributed by atoms with Gasteiger partial charge in [0, 0.05) is 5.88 Å². The van der Waals surface area contributed by atoms with Crippen molar-refractivity contribution in [2.45, 2.75) is 0 Å². The third kappa shape index (κ3) is 3.88. The minimum absolute atomic E-state index is 0.0787. The number of nitrogens with zero attached hydrogens (tertiary/aromatic N) is 1. The van der Waals surface area contributed by atoms with Crippen LogP contribution in [0.1, 0.15) is 0 Å². The van der Waals surface area contributed by atoms with E-state index in [0.717, 1.165) is 0 Å². The van der Waals surface area contributed by atoms with Crippen LogP contribution >= 0.6 is 23.2 Å². The van der Waals surface area contributed by atoms with Gasteiger partial charge < -0.3 is 0 Å². The monoisotopic (exact) mass is 151 g/mol. The molecule has 0 unspecified atom stereocenters. The van der Waals surface area contributed by atoms with Gasteiger partial charge in [0.2, 0.25) is 6.08 Å². The highest BCUT2D eigenvalue weighted by molar-refractivity contribution is 6.30. The molecule has 0 amide bonds. The van der Waals surface area contributed by atoms with Gasteiger partial charge in [0.05, 0.1) is 0 Å². The van der Waals surface area contributed by atoms with Gasteiger partial charge in [-0.3, -0.25) is 0 Å². The van der Waals surface area contributed by atoms with Crippen LogP contribution in [-0.2, 0) is 4.79 Å². The summed E-state index contributed by atoms with van der Waals surface area (Å²) in [5.41, 5.74) is 0. The van der Waals surface area contributed by atoms with Crippen molar-refractivity contribution in [1.82, 2.24) is 0 Å². The molecule has 0 saturated carbocycles. The molecular weight excluding hydrogens is 149 g/mol. The summed E-state index contributed by atoms with van der Waals surface area (Å²) in [6.45, 7) is 0. The summed E-state index contributed by atoms with van der Waals surface area (Å²) in [5.74, 6) is 0.254. The smallest absolute Gasteiger partial charge is 0.211 e. The van der Waals surface area contributed by atoms with Crippen molar-refractivity contribution >= 4 is 29.3 Å². The Balaban J connectivity index is 3.79. The molecule has 0 spiro atoms. The van der Waals surface area contributed by atoms with Gasteiger partial charge in [-0.15, -0.1) is 11.6 Å². The highest BCUT2D eigenvalue weighted by Crippen LogP contribution is 2.00. The van der Waals surface area contributed by atoms with E-state index in [1.807, 2.05) is 0 Å². The summed E-state index contributed by atoms with van der Waals surface area (Å²) < 4.78 is 0. The summed E-state index contributed by atoms with van der Waals surface area (Å²) in [7, 11) is 0.